The third-order valence-electron chi connectivity index (χ3n) is 2.51. The van der Waals surface area contributed by atoms with Crippen molar-refractivity contribution < 1.29 is 4.79 Å². The normalized spacial score (nSPS) is 12.5. The second-order valence-electron chi connectivity index (χ2n) is 4.71. The number of carbonyl (C=O) groups is 1. The topological polar surface area (TPSA) is 80.9 Å². The van der Waals surface area contributed by atoms with Crippen molar-refractivity contribution in [3.05, 3.63) is 17.5 Å². The Labute approximate surface area is 112 Å². The molecular weight excluding hydrogens is 252 g/mol. The van der Waals surface area contributed by atoms with E-state index >= 15 is 0 Å². The van der Waals surface area contributed by atoms with Crippen LogP contribution in [0.3, 0.4) is 0 Å². The lowest BCUT2D eigenvalue weighted by Gasteiger charge is -2.16. The minimum absolute atomic E-state index is 0.0964. The van der Waals surface area contributed by atoms with Crippen LogP contribution in [0.15, 0.2) is 12.4 Å². The fraction of sp³-hybridized carbons (Fsp3) is 0.583. The van der Waals surface area contributed by atoms with Crippen molar-refractivity contribution in [3.8, 4) is 0 Å². The van der Waals surface area contributed by atoms with Crippen molar-refractivity contribution in [2.24, 2.45) is 17.6 Å². The Morgan fingerprint density at radius 1 is 1.50 bits per heavy atom. The number of hydrogen-bond donors (Lipinski definition) is 2. The number of rotatable bonds is 6. The number of nitrogens with one attached hydrogen (secondary N) is 1. The molecule has 0 aromatic carbocycles. The van der Waals surface area contributed by atoms with E-state index < -0.39 is 0 Å². The van der Waals surface area contributed by atoms with E-state index in [4.69, 9.17) is 17.3 Å². The maximum atomic E-state index is 11.8. The van der Waals surface area contributed by atoms with Crippen LogP contribution in [0.5, 0.6) is 0 Å². The van der Waals surface area contributed by atoms with Crippen molar-refractivity contribution in [1.82, 2.24) is 9.97 Å². The molecule has 0 unspecified atom stereocenters. The average molecular weight is 271 g/mol. The molecule has 0 radical (unpaired) electrons. The van der Waals surface area contributed by atoms with Crippen LogP contribution < -0.4 is 11.1 Å². The van der Waals surface area contributed by atoms with Gasteiger partial charge in [0.05, 0.1) is 0 Å². The molecule has 1 atom stereocenters. The van der Waals surface area contributed by atoms with E-state index in [1.165, 1.54) is 12.4 Å². The summed E-state index contributed by atoms with van der Waals surface area (Å²) in [4.78, 5) is 19.5. The van der Waals surface area contributed by atoms with Crippen LogP contribution in [0.25, 0.3) is 0 Å². The molecule has 100 valence electrons. The third-order valence-corrected chi connectivity index (χ3v) is 2.72. The number of amides is 1. The summed E-state index contributed by atoms with van der Waals surface area (Å²) in [7, 11) is 0. The number of aromatic nitrogens is 2. The van der Waals surface area contributed by atoms with E-state index in [-0.39, 0.29) is 11.8 Å². The summed E-state index contributed by atoms with van der Waals surface area (Å²) in [6.07, 6.45) is 2.65. The van der Waals surface area contributed by atoms with Crippen LogP contribution in [0.4, 0.5) is 5.82 Å². The molecule has 0 saturated carbocycles. The zero-order valence-electron chi connectivity index (χ0n) is 10.7. The van der Waals surface area contributed by atoms with Gasteiger partial charge in [-0.15, -0.1) is 0 Å². The van der Waals surface area contributed by atoms with Gasteiger partial charge in [-0.3, -0.25) is 4.79 Å². The Bertz CT molecular complexity index is 397. The summed E-state index contributed by atoms with van der Waals surface area (Å²) in [6.45, 7) is 4.74. The quantitative estimate of drug-likeness (QED) is 0.776. The number of nitrogens with zero attached hydrogens (tertiary/aromatic N) is 2. The van der Waals surface area contributed by atoms with E-state index in [0.717, 1.165) is 6.42 Å². The SMILES string of the molecule is CC(C)C[C@H](CN)CC(=O)Nc1cc(Cl)ncn1. The molecule has 3 N–H and O–H groups in total. The molecule has 5 nitrogen and oxygen atoms in total. The lowest BCUT2D eigenvalue weighted by atomic mass is 9.94. The molecule has 0 bridgehead atoms. The summed E-state index contributed by atoms with van der Waals surface area (Å²) in [5.74, 6) is 1.04. The summed E-state index contributed by atoms with van der Waals surface area (Å²) >= 11 is 5.71. The Morgan fingerprint density at radius 3 is 2.78 bits per heavy atom. The summed E-state index contributed by atoms with van der Waals surface area (Å²) in [6, 6.07) is 1.51. The summed E-state index contributed by atoms with van der Waals surface area (Å²) in [5.41, 5.74) is 5.66. The van der Waals surface area contributed by atoms with Gasteiger partial charge in [-0.25, -0.2) is 9.97 Å². The van der Waals surface area contributed by atoms with Crippen LogP contribution >= 0.6 is 11.6 Å². The Balaban J connectivity index is 2.50. The number of hydrogen-bond acceptors (Lipinski definition) is 4. The van der Waals surface area contributed by atoms with Gasteiger partial charge in [0, 0.05) is 12.5 Å². The monoisotopic (exact) mass is 270 g/mol. The first-order chi connectivity index (χ1) is 8.51. The maximum absolute atomic E-state index is 11.8. The van der Waals surface area contributed by atoms with Crippen molar-refractivity contribution in [1.29, 1.82) is 0 Å². The van der Waals surface area contributed by atoms with Gasteiger partial charge in [-0.1, -0.05) is 25.4 Å². The van der Waals surface area contributed by atoms with E-state index in [0.29, 0.717) is 29.9 Å². The van der Waals surface area contributed by atoms with Gasteiger partial charge in [0.25, 0.3) is 0 Å². The minimum atomic E-state index is -0.0964. The number of carbonyl (C=O) groups excluding carboxylic acids is 1. The first-order valence-electron chi connectivity index (χ1n) is 5.98. The lowest BCUT2D eigenvalue weighted by Crippen LogP contribution is -2.23. The third kappa shape index (κ3) is 5.42. The van der Waals surface area contributed by atoms with Gasteiger partial charge < -0.3 is 11.1 Å². The smallest absolute Gasteiger partial charge is 0.225 e. The molecule has 1 amide bonds. The van der Waals surface area contributed by atoms with Gasteiger partial charge in [-0.05, 0) is 24.8 Å². The molecule has 0 aliphatic carbocycles. The van der Waals surface area contributed by atoms with E-state index in [1.54, 1.807) is 0 Å². The predicted molar refractivity (Wildman–Crippen MR) is 72.3 cm³/mol. The molecular formula is C12H19ClN4O. The molecule has 0 fully saturated rings. The average Bonchev–Trinajstić information content (AvgIpc) is 2.27. The molecule has 1 rings (SSSR count). The summed E-state index contributed by atoms with van der Waals surface area (Å²) < 4.78 is 0. The van der Waals surface area contributed by atoms with E-state index in [2.05, 4.69) is 29.1 Å². The van der Waals surface area contributed by atoms with Crippen LogP contribution in [0.1, 0.15) is 26.7 Å². The van der Waals surface area contributed by atoms with Gasteiger partial charge in [-0.2, -0.15) is 0 Å². The van der Waals surface area contributed by atoms with E-state index in [9.17, 15) is 4.79 Å². The standard InChI is InChI=1S/C12H19ClN4O/c1-8(2)3-9(6-14)4-12(18)17-11-5-10(13)15-7-16-11/h5,7-9H,3-4,6,14H2,1-2H3,(H,15,16,17,18)/t9-/m0/s1. The highest BCUT2D eigenvalue weighted by atomic mass is 35.5. The highest BCUT2D eigenvalue weighted by Crippen LogP contribution is 2.15. The first-order valence-corrected chi connectivity index (χ1v) is 6.36. The van der Waals surface area contributed by atoms with Crippen LogP contribution in [-0.2, 0) is 4.79 Å². The van der Waals surface area contributed by atoms with Gasteiger partial charge in [0.2, 0.25) is 5.91 Å². The van der Waals surface area contributed by atoms with Gasteiger partial charge >= 0.3 is 0 Å². The second-order valence-corrected chi connectivity index (χ2v) is 5.10. The van der Waals surface area contributed by atoms with Crippen molar-refractivity contribution in [2.45, 2.75) is 26.7 Å². The highest BCUT2D eigenvalue weighted by molar-refractivity contribution is 6.29. The van der Waals surface area contributed by atoms with Crippen LogP contribution in [0, 0.1) is 11.8 Å². The Kier molecular flexibility index (Phi) is 6.01. The zero-order chi connectivity index (χ0) is 13.5. The fourth-order valence-corrected chi connectivity index (χ4v) is 1.93. The molecule has 1 aromatic rings. The van der Waals surface area contributed by atoms with E-state index in [1.807, 2.05) is 0 Å². The highest BCUT2D eigenvalue weighted by Gasteiger charge is 2.14. The Hall–Kier alpha value is -1.20. The van der Waals surface area contributed by atoms with Crippen molar-refractivity contribution in [2.75, 3.05) is 11.9 Å². The lowest BCUT2D eigenvalue weighted by molar-refractivity contribution is -0.117. The molecule has 0 saturated heterocycles. The zero-order valence-corrected chi connectivity index (χ0v) is 11.4. The molecule has 0 aliphatic heterocycles. The number of nitrogens with two attached hydrogens (primary N) is 1. The maximum Gasteiger partial charge on any atom is 0.225 e. The second kappa shape index (κ2) is 7.28. The molecule has 6 heteroatoms. The molecule has 0 spiro atoms. The van der Waals surface area contributed by atoms with Gasteiger partial charge in [0.15, 0.2) is 0 Å². The molecule has 1 heterocycles. The van der Waals surface area contributed by atoms with Gasteiger partial charge in [0.1, 0.15) is 17.3 Å². The number of anilines is 1. The molecule has 18 heavy (non-hydrogen) atoms. The molecule has 1 aromatic heterocycles. The largest absolute Gasteiger partial charge is 0.330 e. The summed E-state index contributed by atoms with van der Waals surface area (Å²) in [5, 5.41) is 2.99. The van der Waals surface area contributed by atoms with Crippen molar-refractivity contribution in [3.63, 3.8) is 0 Å². The minimum Gasteiger partial charge on any atom is -0.330 e. The van der Waals surface area contributed by atoms with Crippen LogP contribution in [-0.4, -0.2) is 22.4 Å². The fourth-order valence-electron chi connectivity index (χ4n) is 1.79. The van der Waals surface area contributed by atoms with Crippen LogP contribution in [0.2, 0.25) is 5.15 Å². The Morgan fingerprint density at radius 2 is 2.22 bits per heavy atom. The number of halogens is 1. The predicted octanol–water partition coefficient (Wildman–Crippen LogP) is 2.08. The first kappa shape index (κ1) is 14.9. The molecule has 0 aliphatic rings. The van der Waals surface area contributed by atoms with Crippen molar-refractivity contribution >= 4 is 23.3 Å².